The number of rotatable bonds is 8. The summed E-state index contributed by atoms with van der Waals surface area (Å²) >= 11 is 0. The molecule has 2 saturated carbocycles. The van der Waals surface area contributed by atoms with Crippen molar-refractivity contribution in [2.75, 3.05) is 18.6 Å². The maximum Gasteiger partial charge on any atom is 0.408 e. The summed E-state index contributed by atoms with van der Waals surface area (Å²) in [7, 11) is 1.70. The number of nitrogens with zero attached hydrogens (tertiary/aromatic N) is 3. The summed E-state index contributed by atoms with van der Waals surface area (Å²) < 4.78 is 45.0. The predicted octanol–water partition coefficient (Wildman–Crippen LogP) is 8.32. The van der Waals surface area contributed by atoms with Crippen molar-refractivity contribution >= 4 is 11.6 Å². The van der Waals surface area contributed by atoms with Crippen molar-refractivity contribution in [2.45, 2.75) is 83.4 Å². The van der Waals surface area contributed by atoms with Crippen LogP contribution in [0.1, 0.15) is 74.8 Å². The molecule has 2 fully saturated rings. The quantitative estimate of drug-likeness (QED) is 0.275. The Morgan fingerprint density at radius 2 is 1.76 bits per heavy atom. The maximum absolute atomic E-state index is 13.9. The van der Waals surface area contributed by atoms with E-state index in [0.29, 0.717) is 23.9 Å². The van der Waals surface area contributed by atoms with Crippen LogP contribution in [0.5, 0.6) is 5.75 Å². The van der Waals surface area contributed by atoms with Gasteiger partial charge in [0.25, 0.3) is 0 Å². The zero-order chi connectivity index (χ0) is 29.0. The van der Waals surface area contributed by atoms with Crippen LogP contribution in [-0.4, -0.2) is 35.5 Å². The first kappa shape index (κ1) is 29.2. The lowest BCUT2D eigenvalue weighted by atomic mass is 9.78. The monoisotopic (exact) mass is 567 g/mol. The minimum atomic E-state index is -4.33. The van der Waals surface area contributed by atoms with Crippen molar-refractivity contribution in [1.82, 2.24) is 9.78 Å². The van der Waals surface area contributed by atoms with Crippen LogP contribution in [0.15, 0.2) is 54.9 Å². The van der Waals surface area contributed by atoms with Crippen molar-refractivity contribution in [1.29, 1.82) is 0 Å². The van der Waals surface area contributed by atoms with Gasteiger partial charge in [-0.25, -0.2) is 0 Å². The van der Waals surface area contributed by atoms with E-state index >= 15 is 0 Å². The van der Waals surface area contributed by atoms with Gasteiger partial charge >= 0.3 is 6.18 Å². The van der Waals surface area contributed by atoms with E-state index in [-0.39, 0.29) is 11.8 Å². The van der Waals surface area contributed by atoms with Crippen molar-refractivity contribution in [3.05, 3.63) is 66.0 Å². The summed E-state index contributed by atoms with van der Waals surface area (Å²) in [5, 5.41) is 3.91. The zero-order valence-corrected chi connectivity index (χ0v) is 24.0. The Balaban J connectivity index is 1.33. The SMILES string of the molecule is COc1ccc(C2CCC(CN(C(=O)C3CCCCC3)c3cccc(-c4cnn(CC(F)(F)F)c4)c3)CC2)cc1C. The molecule has 8 heteroatoms. The number of aromatic nitrogens is 2. The maximum atomic E-state index is 13.9. The molecular weight excluding hydrogens is 527 g/mol. The molecule has 41 heavy (non-hydrogen) atoms. The van der Waals surface area contributed by atoms with E-state index in [1.165, 1.54) is 24.4 Å². The lowest BCUT2D eigenvalue weighted by molar-refractivity contribution is -0.142. The Morgan fingerprint density at radius 3 is 2.44 bits per heavy atom. The zero-order valence-electron chi connectivity index (χ0n) is 24.0. The minimum Gasteiger partial charge on any atom is -0.496 e. The number of amides is 1. The molecule has 0 aliphatic heterocycles. The highest BCUT2D eigenvalue weighted by atomic mass is 19.4. The third-order valence-electron chi connectivity index (χ3n) is 8.86. The van der Waals surface area contributed by atoms with Gasteiger partial charge < -0.3 is 9.64 Å². The van der Waals surface area contributed by atoms with Gasteiger partial charge in [0.15, 0.2) is 0 Å². The Labute approximate surface area is 240 Å². The number of hydrogen-bond donors (Lipinski definition) is 0. The van der Waals surface area contributed by atoms with Crippen LogP contribution < -0.4 is 9.64 Å². The van der Waals surface area contributed by atoms with Crippen LogP contribution in [0, 0.1) is 18.8 Å². The third-order valence-corrected chi connectivity index (χ3v) is 8.86. The van der Waals surface area contributed by atoms with E-state index in [2.05, 4.69) is 30.2 Å². The van der Waals surface area contributed by atoms with Gasteiger partial charge in [0, 0.05) is 29.9 Å². The predicted molar refractivity (Wildman–Crippen MR) is 155 cm³/mol. The van der Waals surface area contributed by atoms with Crippen molar-refractivity contribution < 1.29 is 22.7 Å². The molecule has 5 rings (SSSR count). The Morgan fingerprint density at radius 1 is 1.00 bits per heavy atom. The summed E-state index contributed by atoms with van der Waals surface area (Å²) in [6.07, 6.45) is 7.98. The molecule has 1 amide bonds. The molecule has 0 saturated heterocycles. The number of methoxy groups -OCH3 is 1. The molecule has 5 nitrogen and oxygen atoms in total. The molecule has 1 heterocycles. The van der Waals surface area contributed by atoms with E-state index in [0.717, 1.165) is 78.6 Å². The molecule has 2 aliphatic carbocycles. The first-order valence-corrected chi connectivity index (χ1v) is 14.9. The fourth-order valence-corrected chi connectivity index (χ4v) is 6.62. The summed E-state index contributed by atoms with van der Waals surface area (Å²) in [6.45, 7) is 1.62. The summed E-state index contributed by atoms with van der Waals surface area (Å²) in [4.78, 5) is 15.9. The van der Waals surface area contributed by atoms with Crippen molar-refractivity contribution in [3.63, 3.8) is 0 Å². The second-order valence-corrected chi connectivity index (χ2v) is 11.8. The van der Waals surface area contributed by atoms with E-state index in [4.69, 9.17) is 4.74 Å². The number of alkyl halides is 3. The van der Waals surface area contributed by atoms with Gasteiger partial charge in [-0.1, -0.05) is 43.5 Å². The molecule has 0 N–H and O–H groups in total. The van der Waals surface area contributed by atoms with Gasteiger partial charge in [-0.05, 0) is 92.2 Å². The number of hydrogen-bond acceptors (Lipinski definition) is 3. The molecule has 2 aromatic carbocycles. The van der Waals surface area contributed by atoms with Crippen LogP contribution in [0.2, 0.25) is 0 Å². The number of carbonyl (C=O) groups is 1. The van der Waals surface area contributed by atoms with Crippen LogP contribution in [-0.2, 0) is 11.3 Å². The van der Waals surface area contributed by atoms with E-state index in [1.807, 2.05) is 29.2 Å². The number of benzene rings is 2. The molecule has 0 bridgehead atoms. The number of aryl methyl sites for hydroxylation is 1. The Hall–Kier alpha value is -3.29. The second-order valence-electron chi connectivity index (χ2n) is 11.8. The molecule has 0 atom stereocenters. The fraction of sp³-hybridized carbons (Fsp3) is 0.515. The molecule has 220 valence electrons. The summed E-state index contributed by atoms with van der Waals surface area (Å²) in [5.74, 6) is 2.03. The van der Waals surface area contributed by atoms with Gasteiger partial charge in [0.2, 0.25) is 5.91 Å². The molecule has 0 unspecified atom stereocenters. The number of anilines is 1. The summed E-state index contributed by atoms with van der Waals surface area (Å²) in [5.41, 5.74) is 4.69. The first-order chi connectivity index (χ1) is 19.7. The van der Waals surface area contributed by atoms with Crippen LogP contribution in [0.4, 0.5) is 18.9 Å². The number of ether oxygens (including phenoxy) is 1. The molecule has 0 radical (unpaired) electrons. The lowest BCUT2D eigenvalue weighted by Gasteiger charge is -2.35. The largest absolute Gasteiger partial charge is 0.496 e. The van der Waals surface area contributed by atoms with Crippen molar-refractivity contribution in [2.24, 2.45) is 11.8 Å². The topological polar surface area (TPSA) is 47.4 Å². The van der Waals surface area contributed by atoms with Crippen LogP contribution >= 0.6 is 0 Å². The lowest BCUT2D eigenvalue weighted by Crippen LogP contribution is -2.41. The van der Waals surface area contributed by atoms with Crippen LogP contribution in [0.25, 0.3) is 11.1 Å². The molecule has 3 aromatic rings. The number of carbonyl (C=O) groups excluding carboxylic acids is 1. The number of halogens is 3. The van der Waals surface area contributed by atoms with Crippen molar-refractivity contribution in [3.8, 4) is 16.9 Å². The van der Waals surface area contributed by atoms with E-state index < -0.39 is 12.7 Å². The highest BCUT2D eigenvalue weighted by Gasteiger charge is 2.31. The molecular formula is C33H40F3N3O2. The van der Waals surface area contributed by atoms with Crippen LogP contribution in [0.3, 0.4) is 0 Å². The average Bonchev–Trinajstić information content (AvgIpc) is 3.43. The van der Waals surface area contributed by atoms with E-state index in [9.17, 15) is 18.0 Å². The highest BCUT2D eigenvalue weighted by molar-refractivity contribution is 5.95. The van der Waals surface area contributed by atoms with Gasteiger partial charge in [0.1, 0.15) is 12.3 Å². The first-order valence-electron chi connectivity index (χ1n) is 14.9. The second kappa shape index (κ2) is 12.7. The third kappa shape index (κ3) is 7.32. The molecule has 1 aromatic heterocycles. The molecule has 2 aliphatic rings. The summed E-state index contributed by atoms with van der Waals surface area (Å²) in [6, 6.07) is 14.1. The Kier molecular flexibility index (Phi) is 9.05. The average molecular weight is 568 g/mol. The smallest absolute Gasteiger partial charge is 0.408 e. The normalized spacial score (nSPS) is 20.1. The Bertz CT molecular complexity index is 1320. The fourth-order valence-electron chi connectivity index (χ4n) is 6.62. The van der Waals surface area contributed by atoms with Gasteiger partial charge in [-0.15, -0.1) is 0 Å². The van der Waals surface area contributed by atoms with Gasteiger partial charge in [0.05, 0.1) is 13.3 Å². The standard InChI is InChI=1S/C33H40F3N3O2/c1-23-17-28(15-16-31(23)41-2)25-13-11-24(12-14-25)20-39(32(40)26-7-4-3-5-8-26)30-10-6-9-27(18-30)29-19-37-38(21-29)22-33(34,35)36/h6,9-10,15-19,21,24-26H,3-5,7-8,11-14,20,22H2,1-2H3. The van der Waals surface area contributed by atoms with Gasteiger partial charge in [-0.3, -0.25) is 9.48 Å². The molecule has 0 spiro atoms. The van der Waals surface area contributed by atoms with E-state index in [1.54, 1.807) is 7.11 Å². The minimum absolute atomic E-state index is 0.0283. The highest BCUT2D eigenvalue weighted by Crippen LogP contribution is 2.39. The van der Waals surface area contributed by atoms with Gasteiger partial charge in [-0.2, -0.15) is 18.3 Å².